The van der Waals surface area contributed by atoms with Crippen molar-refractivity contribution in [2.24, 2.45) is 0 Å². The van der Waals surface area contributed by atoms with Crippen LogP contribution in [0.25, 0.3) is 16.9 Å². The van der Waals surface area contributed by atoms with Gasteiger partial charge in [-0.15, -0.1) is 0 Å². The van der Waals surface area contributed by atoms with Gasteiger partial charge in [-0.25, -0.2) is 4.39 Å². The fourth-order valence-electron chi connectivity index (χ4n) is 1.84. The summed E-state index contributed by atoms with van der Waals surface area (Å²) < 4.78 is 14.6. The summed E-state index contributed by atoms with van der Waals surface area (Å²) in [6.45, 7) is 0. The first-order valence-electron chi connectivity index (χ1n) is 5.20. The molecule has 3 nitrogen and oxygen atoms in total. The van der Waals surface area contributed by atoms with Gasteiger partial charge >= 0.3 is 0 Å². The molecule has 0 saturated carbocycles. The minimum Gasteiger partial charge on any atom is -0.340 e. The van der Waals surface area contributed by atoms with Crippen molar-refractivity contribution in [2.75, 3.05) is 0 Å². The first-order chi connectivity index (χ1) is 8.24. The average Bonchev–Trinajstić information content (AvgIpc) is 2.74. The Hall–Kier alpha value is -2.36. The van der Waals surface area contributed by atoms with Crippen LogP contribution in [-0.4, -0.2) is 9.38 Å². The molecule has 3 aromatic rings. The van der Waals surface area contributed by atoms with Crippen LogP contribution in [0.4, 0.5) is 4.39 Å². The van der Waals surface area contributed by atoms with Crippen LogP contribution in [0.1, 0.15) is 0 Å². The smallest absolute Gasteiger partial charge is 0.256 e. The molecule has 1 aromatic carbocycles. The van der Waals surface area contributed by atoms with Gasteiger partial charge in [-0.1, -0.05) is 18.2 Å². The lowest BCUT2D eigenvalue weighted by atomic mass is 10.2. The third-order valence-electron chi connectivity index (χ3n) is 2.65. The van der Waals surface area contributed by atoms with Gasteiger partial charge in [0.15, 0.2) is 0 Å². The van der Waals surface area contributed by atoms with Gasteiger partial charge in [0.05, 0.1) is 5.69 Å². The molecule has 17 heavy (non-hydrogen) atoms. The summed E-state index contributed by atoms with van der Waals surface area (Å²) >= 11 is 0. The van der Waals surface area contributed by atoms with E-state index in [0.717, 1.165) is 0 Å². The molecule has 1 N–H and O–H groups in total. The fraction of sp³-hybridized carbons (Fsp3) is 0. The summed E-state index contributed by atoms with van der Waals surface area (Å²) in [7, 11) is 0. The lowest BCUT2D eigenvalue weighted by Crippen LogP contribution is -2.08. The highest BCUT2D eigenvalue weighted by Crippen LogP contribution is 2.18. The first kappa shape index (κ1) is 9.84. The Morgan fingerprint density at radius 1 is 1.12 bits per heavy atom. The first-order valence-corrected chi connectivity index (χ1v) is 5.20. The van der Waals surface area contributed by atoms with Crippen LogP contribution in [0, 0.1) is 5.82 Å². The van der Waals surface area contributed by atoms with E-state index in [9.17, 15) is 9.18 Å². The minimum absolute atomic E-state index is 0.110. The number of nitrogens with one attached hydrogen (secondary N) is 1. The normalized spacial score (nSPS) is 10.9. The summed E-state index contributed by atoms with van der Waals surface area (Å²) in [4.78, 5) is 14.6. The quantitative estimate of drug-likeness (QED) is 0.682. The van der Waals surface area contributed by atoms with Crippen molar-refractivity contribution < 1.29 is 4.39 Å². The second-order valence-corrected chi connectivity index (χ2v) is 3.80. The van der Waals surface area contributed by atoms with E-state index in [2.05, 4.69) is 4.98 Å². The fourth-order valence-corrected chi connectivity index (χ4v) is 1.84. The molecule has 0 amide bonds. The minimum atomic E-state index is -0.298. The number of imidazole rings is 1. The maximum absolute atomic E-state index is 13.1. The molecule has 0 aliphatic rings. The SMILES string of the molecule is O=c1cccc2[nH]c(-c3cccc(F)c3)cn12. The van der Waals surface area contributed by atoms with Crippen LogP contribution < -0.4 is 5.56 Å². The van der Waals surface area contributed by atoms with Crippen LogP contribution in [-0.2, 0) is 0 Å². The van der Waals surface area contributed by atoms with Crippen molar-refractivity contribution in [1.29, 1.82) is 0 Å². The number of benzene rings is 1. The number of fused-ring (bicyclic) bond motifs is 1. The van der Waals surface area contributed by atoms with E-state index in [-0.39, 0.29) is 11.4 Å². The predicted molar refractivity (Wildman–Crippen MR) is 63.4 cm³/mol. The third-order valence-corrected chi connectivity index (χ3v) is 2.65. The lowest BCUT2D eigenvalue weighted by Gasteiger charge is -1.95. The molecule has 0 atom stereocenters. The van der Waals surface area contributed by atoms with E-state index in [1.165, 1.54) is 22.6 Å². The number of aromatic nitrogens is 2. The number of H-pyrrole nitrogens is 1. The Kier molecular flexibility index (Phi) is 2.08. The number of aromatic amines is 1. The van der Waals surface area contributed by atoms with E-state index in [1.54, 1.807) is 30.5 Å². The van der Waals surface area contributed by atoms with Gasteiger partial charge in [0.2, 0.25) is 0 Å². The second kappa shape index (κ2) is 3.59. The molecule has 0 fully saturated rings. The van der Waals surface area contributed by atoms with Gasteiger partial charge in [0, 0.05) is 17.8 Å². The zero-order valence-electron chi connectivity index (χ0n) is 8.85. The van der Waals surface area contributed by atoms with Crippen molar-refractivity contribution in [3.63, 3.8) is 0 Å². The van der Waals surface area contributed by atoms with Crippen LogP contribution in [0.2, 0.25) is 0 Å². The number of halogens is 1. The number of hydrogen-bond donors (Lipinski definition) is 1. The number of pyridine rings is 1. The van der Waals surface area contributed by atoms with E-state index >= 15 is 0 Å². The molecule has 0 radical (unpaired) electrons. The van der Waals surface area contributed by atoms with Crippen molar-refractivity contribution in [1.82, 2.24) is 9.38 Å². The van der Waals surface area contributed by atoms with Gasteiger partial charge in [0.1, 0.15) is 11.5 Å². The zero-order chi connectivity index (χ0) is 11.8. The maximum Gasteiger partial charge on any atom is 0.256 e. The van der Waals surface area contributed by atoms with Gasteiger partial charge in [-0.05, 0) is 18.2 Å². The standard InChI is InChI=1S/C13H9FN2O/c14-10-4-1-3-9(7-10)11-8-16-12(15-11)5-2-6-13(16)17/h1-8,15H. The maximum atomic E-state index is 13.1. The number of nitrogens with zero attached hydrogens (tertiary/aromatic N) is 1. The van der Waals surface area contributed by atoms with Crippen molar-refractivity contribution in [3.05, 3.63) is 64.8 Å². The van der Waals surface area contributed by atoms with Crippen LogP contribution in [0.3, 0.4) is 0 Å². The molecular formula is C13H9FN2O. The van der Waals surface area contributed by atoms with E-state index in [4.69, 9.17) is 0 Å². The molecular weight excluding hydrogens is 219 g/mol. The van der Waals surface area contributed by atoms with Crippen molar-refractivity contribution >= 4 is 5.65 Å². The zero-order valence-corrected chi connectivity index (χ0v) is 8.85. The summed E-state index contributed by atoms with van der Waals surface area (Å²) in [5.41, 5.74) is 2.01. The molecule has 0 aliphatic carbocycles. The Balaban J connectivity index is 2.25. The lowest BCUT2D eigenvalue weighted by molar-refractivity contribution is 0.628. The summed E-state index contributed by atoms with van der Waals surface area (Å²) in [6, 6.07) is 11.2. The Morgan fingerprint density at radius 2 is 1.94 bits per heavy atom. The predicted octanol–water partition coefficient (Wildman–Crippen LogP) is 2.43. The third kappa shape index (κ3) is 1.63. The van der Waals surface area contributed by atoms with Crippen LogP contribution in [0.5, 0.6) is 0 Å². The molecule has 4 heteroatoms. The molecule has 2 heterocycles. The summed E-state index contributed by atoms with van der Waals surface area (Å²) in [6.07, 6.45) is 1.67. The monoisotopic (exact) mass is 228 g/mol. The number of hydrogen-bond acceptors (Lipinski definition) is 1. The van der Waals surface area contributed by atoms with E-state index in [1.807, 2.05) is 0 Å². The van der Waals surface area contributed by atoms with Gasteiger partial charge in [-0.2, -0.15) is 0 Å². The van der Waals surface area contributed by atoms with Crippen LogP contribution in [0.15, 0.2) is 53.5 Å². The molecule has 0 aliphatic heterocycles. The highest BCUT2D eigenvalue weighted by Gasteiger charge is 2.04. The summed E-state index contributed by atoms with van der Waals surface area (Å²) in [5.74, 6) is -0.298. The Bertz CT molecular complexity index is 742. The van der Waals surface area contributed by atoms with Gasteiger partial charge < -0.3 is 4.98 Å². The molecule has 84 valence electrons. The molecule has 3 rings (SSSR count). The topological polar surface area (TPSA) is 37.3 Å². The molecule has 0 bridgehead atoms. The van der Waals surface area contributed by atoms with Crippen LogP contribution >= 0.6 is 0 Å². The molecule has 2 aromatic heterocycles. The Labute approximate surface area is 96.2 Å². The summed E-state index contributed by atoms with van der Waals surface area (Å²) in [5, 5.41) is 0. The van der Waals surface area contributed by atoms with Crippen molar-refractivity contribution in [2.45, 2.75) is 0 Å². The molecule has 0 spiro atoms. The van der Waals surface area contributed by atoms with Gasteiger partial charge in [0.25, 0.3) is 5.56 Å². The highest BCUT2D eigenvalue weighted by atomic mass is 19.1. The number of rotatable bonds is 1. The van der Waals surface area contributed by atoms with E-state index in [0.29, 0.717) is 16.9 Å². The average molecular weight is 228 g/mol. The molecule has 0 unspecified atom stereocenters. The largest absolute Gasteiger partial charge is 0.340 e. The Morgan fingerprint density at radius 3 is 2.71 bits per heavy atom. The molecule has 0 saturated heterocycles. The van der Waals surface area contributed by atoms with E-state index < -0.39 is 0 Å². The van der Waals surface area contributed by atoms with Crippen molar-refractivity contribution in [3.8, 4) is 11.3 Å². The highest BCUT2D eigenvalue weighted by molar-refractivity contribution is 5.62. The second-order valence-electron chi connectivity index (χ2n) is 3.80. The van der Waals surface area contributed by atoms with Gasteiger partial charge in [-0.3, -0.25) is 9.20 Å².